The van der Waals surface area contributed by atoms with Gasteiger partial charge in [-0.1, -0.05) is 24.3 Å². The number of benzene rings is 2. The minimum atomic E-state index is -0.986. The molecule has 0 spiro atoms. The van der Waals surface area contributed by atoms with Crippen molar-refractivity contribution in [1.82, 2.24) is 5.43 Å². The van der Waals surface area contributed by atoms with E-state index in [1.54, 1.807) is 48.5 Å². The Bertz CT molecular complexity index is 990. The molecule has 0 saturated carbocycles. The highest BCUT2D eigenvalue weighted by Crippen LogP contribution is 2.22. The first kappa shape index (κ1) is 17.9. The first-order valence-electron chi connectivity index (χ1n) is 7.98. The smallest absolute Gasteiger partial charge is 0.335 e. The molecule has 1 heterocycles. The molecular weight excluding hydrogens is 348 g/mol. The van der Waals surface area contributed by atoms with Crippen LogP contribution in [0, 0.1) is 0 Å². The maximum absolute atomic E-state index is 12.1. The van der Waals surface area contributed by atoms with E-state index in [2.05, 4.69) is 10.5 Å². The molecule has 0 bridgehead atoms. The predicted octanol–water partition coefficient (Wildman–Crippen LogP) is 3.42. The third-order valence-electron chi connectivity index (χ3n) is 3.75. The van der Waals surface area contributed by atoms with Gasteiger partial charge in [-0.15, -0.1) is 0 Å². The highest BCUT2D eigenvalue weighted by Gasteiger charge is 2.10. The monoisotopic (exact) mass is 364 g/mol. The van der Waals surface area contributed by atoms with Crippen LogP contribution < -0.4 is 10.2 Å². The number of nitrogens with one attached hydrogen (secondary N) is 1. The molecule has 7 heteroatoms. The fourth-order valence-corrected chi connectivity index (χ4v) is 2.40. The third-order valence-corrected chi connectivity index (χ3v) is 3.75. The first-order valence-corrected chi connectivity index (χ1v) is 7.98. The highest BCUT2D eigenvalue weighted by atomic mass is 16.5. The van der Waals surface area contributed by atoms with Crippen LogP contribution in [0.2, 0.25) is 0 Å². The number of amides is 1. The predicted molar refractivity (Wildman–Crippen MR) is 99.2 cm³/mol. The number of nitrogens with zero attached hydrogens (tertiary/aromatic N) is 1. The van der Waals surface area contributed by atoms with Gasteiger partial charge in [-0.3, -0.25) is 4.79 Å². The molecule has 7 nitrogen and oxygen atoms in total. The Morgan fingerprint density at radius 3 is 2.52 bits per heavy atom. The van der Waals surface area contributed by atoms with Gasteiger partial charge in [0.05, 0.1) is 24.5 Å². The Hall–Kier alpha value is -3.87. The van der Waals surface area contributed by atoms with E-state index in [1.165, 1.54) is 25.5 Å². The van der Waals surface area contributed by atoms with Gasteiger partial charge in [0, 0.05) is 5.56 Å². The van der Waals surface area contributed by atoms with Crippen LogP contribution in [-0.4, -0.2) is 30.3 Å². The standard InChI is InChI=1S/C20H16N2O5/c1-26-18-5-3-2-4-16(18)19(23)22-21-12-15-10-11-17(27-15)13-6-8-14(9-7-13)20(24)25/h2-12H,1H3,(H,22,23)(H,24,25)/b21-12-. The van der Waals surface area contributed by atoms with Gasteiger partial charge in [-0.05, 0) is 36.4 Å². The van der Waals surface area contributed by atoms with Crippen LogP contribution in [0.3, 0.4) is 0 Å². The van der Waals surface area contributed by atoms with E-state index in [1.807, 2.05) is 0 Å². The summed E-state index contributed by atoms with van der Waals surface area (Å²) in [6, 6.07) is 16.6. The molecule has 136 valence electrons. The van der Waals surface area contributed by atoms with E-state index in [0.717, 1.165) is 5.56 Å². The topological polar surface area (TPSA) is 101 Å². The van der Waals surface area contributed by atoms with Crippen LogP contribution in [0.4, 0.5) is 0 Å². The summed E-state index contributed by atoms with van der Waals surface area (Å²) in [5.41, 5.74) is 3.72. The van der Waals surface area contributed by atoms with Gasteiger partial charge in [0.25, 0.3) is 5.91 Å². The van der Waals surface area contributed by atoms with E-state index < -0.39 is 11.9 Å². The Kier molecular flexibility index (Phi) is 5.32. The number of para-hydroxylation sites is 1. The first-order chi connectivity index (χ1) is 13.1. The molecule has 0 radical (unpaired) electrons. The maximum atomic E-state index is 12.1. The number of hydrazone groups is 1. The largest absolute Gasteiger partial charge is 0.496 e. The summed E-state index contributed by atoms with van der Waals surface area (Å²) in [6.45, 7) is 0. The normalized spacial score (nSPS) is 10.7. The summed E-state index contributed by atoms with van der Waals surface area (Å²) in [5, 5.41) is 12.8. The second kappa shape index (κ2) is 8.01. The fraction of sp³-hybridized carbons (Fsp3) is 0.0500. The van der Waals surface area contributed by atoms with Crippen molar-refractivity contribution in [1.29, 1.82) is 0 Å². The molecule has 0 aliphatic heterocycles. The maximum Gasteiger partial charge on any atom is 0.335 e. The molecule has 3 aromatic rings. The van der Waals surface area contributed by atoms with Crippen molar-refractivity contribution >= 4 is 18.1 Å². The minimum absolute atomic E-state index is 0.200. The molecular formula is C20H16N2O5. The molecule has 3 rings (SSSR count). The Labute approximate surface area is 154 Å². The number of ether oxygens (including phenoxy) is 1. The molecule has 1 amide bonds. The van der Waals surface area contributed by atoms with Crippen LogP contribution >= 0.6 is 0 Å². The van der Waals surface area contributed by atoms with E-state index in [9.17, 15) is 9.59 Å². The summed E-state index contributed by atoms with van der Waals surface area (Å²) >= 11 is 0. The lowest BCUT2D eigenvalue weighted by atomic mass is 10.1. The van der Waals surface area contributed by atoms with Gasteiger partial charge in [-0.2, -0.15) is 5.10 Å². The number of hydrogen-bond acceptors (Lipinski definition) is 5. The second-order valence-electron chi connectivity index (χ2n) is 5.48. The number of carboxylic acid groups (broad SMARTS) is 1. The zero-order valence-corrected chi connectivity index (χ0v) is 14.4. The van der Waals surface area contributed by atoms with Crippen molar-refractivity contribution in [2.24, 2.45) is 5.10 Å². The average Bonchev–Trinajstić information content (AvgIpc) is 3.16. The lowest BCUT2D eigenvalue weighted by molar-refractivity contribution is 0.0696. The van der Waals surface area contributed by atoms with Crippen LogP contribution in [-0.2, 0) is 0 Å². The highest BCUT2D eigenvalue weighted by molar-refractivity contribution is 5.97. The Morgan fingerprint density at radius 2 is 1.81 bits per heavy atom. The number of carboxylic acids is 1. The van der Waals surface area contributed by atoms with Crippen molar-refractivity contribution in [2.45, 2.75) is 0 Å². The summed E-state index contributed by atoms with van der Waals surface area (Å²) in [4.78, 5) is 23.0. The molecule has 0 aliphatic rings. The minimum Gasteiger partial charge on any atom is -0.496 e. The average molecular weight is 364 g/mol. The Balaban J connectivity index is 1.66. The van der Waals surface area contributed by atoms with Gasteiger partial charge in [0.2, 0.25) is 0 Å². The number of carbonyl (C=O) groups is 2. The number of aromatic carboxylic acids is 1. The number of rotatable bonds is 6. The second-order valence-corrected chi connectivity index (χ2v) is 5.48. The zero-order valence-electron chi connectivity index (χ0n) is 14.4. The zero-order chi connectivity index (χ0) is 19.2. The number of methoxy groups -OCH3 is 1. The van der Waals surface area contributed by atoms with Gasteiger partial charge >= 0.3 is 5.97 Å². The van der Waals surface area contributed by atoms with Crippen molar-refractivity contribution in [3.8, 4) is 17.1 Å². The molecule has 0 saturated heterocycles. The summed E-state index contributed by atoms with van der Waals surface area (Å²) in [6.07, 6.45) is 1.38. The van der Waals surface area contributed by atoms with Gasteiger partial charge in [0.15, 0.2) is 0 Å². The molecule has 0 aliphatic carbocycles. The summed E-state index contributed by atoms with van der Waals surface area (Å²) in [5.74, 6) is 0.0618. The van der Waals surface area contributed by atoms with Crippen molar-refractivity contribution < 1.29 is 23.8 Å². The third kappa shape index (κ3) is 4.21. The molecule has 1 aromatic heterocycles. The van der Waals surface area contributed by atoms with E-state index in [0.29, 0.717) is 22.8 Å². The number of carbonyl (C=O) groups excluding carboxylic acids is 1. The molecule has 2 N–H and O–H groups in total. The lowest BCUT2D eigenvalue weighted by Gasteiger charge is -2.05. The quantitative estimate of drug-likeness (QED) is 0.515. The van der Waals surface area contributed by atoms with Crippen LogP contribution in [0.25, 0.3) is 11.3 Å². The molecule has 0 atom stereocenters. The number of furan rings is 1. The molecule has 0 unspecified atom stereocenters. The van der Waals surface area contributed by atoms with E-state index in [-0.39, 0.29) is 5.56 Å². The van der Waals surface area contributed by atoms with Crippen molar-refractivity contribution in [3.63, 3.8) is 0 Å². The number of hydrogen-bond donors (Lipinski definition) is 2. The van der Waals surface area contributed by atoms with Gasteiger partial charge < -0.3 is 14.3 Å². The van der Waals surface area contributed by atoms with Crippen molar-refractivity contribution in [2.75, 3.05) is 7.11 Å². The Morgan fingerprint density at radius 1 is 1.07 bits per heavy atom. The summed E-state index contributed by atoms with van der Waals surface area (Å²) in [7, 11) is 1.49. The van der Waals surface area contributed by atoms with Gasteiger partial charge in [0.1, 0.15) is 17.3 Å². The van der Waals surface area contributed by atoms with E-state index >= 15 is 0 Å². The van der Waals surface area contributed by atoms with Crippen molar-refractivity contribution in [3.05, 3.63) is 77.6 Å². The fourth-order valence-electron chi connectivity index (χ4n) is 2.40. The SMILES string of the molecule is COc1ccccc1C(=O)N/N=C\c1ccc(-c2ccc(C(=O)O)cc2)o1. The van der Waals surface area contributed by atoms with Crippen LogP contribution in [0.5, 0.6) is 5.75 Å². The molecule has 27 heavy (non-hydrogen) atoms. The van der Waals surface area contributed by atoms with Crippen LogP contribution in [0.1, 0.15) is 26.5 Å². The summed E-state index contributed by atoms with van der Waals surface area (Å²) < 4.78 is 10.8. The van der Waals surface area contributed by atoms with Crippen LogP contribution in [0.15, 0.2) is 70.2 Å². The van der Waals surface area contributed by atoms with E-state index in [4.69, 9.17) is 14.3 Å². The lowest BCUT2D eigenvalue weighted by Crippen LogP contribution is -2.18. The van der Waals surface area contributed by atoms with Gasteiger partial charge in [-0.25, -0.2) is 10.2 Å². The molecule has 0 fully saturated rings. The molecule has 2 aromatic carbocycles.